The molecule has 0 aliphatic carbocycles. The maximum atomic E-state index is 13.0. The van der Waals surface area contributed by atoms with Gasteiger partial charge in [-0.2, -0.15) is 13.2 Å². The van der Waals surface area contributed by atoms with E-state index in [1.165, 1.54) is 12.1 Å². The zero-order valence-electron chi connectivity index (χ0n) is 17.6. The molecule has 2 nitrogen and oxygen atoms in total. The molecule has 0 spiro atoms. The first-order chi connectivity index (χ1) is 14.3. The fraction of sp³-hybridized carbons (Fsp3) is 0.400. The number of amides is 1. The van der Waals surface area contributed by atoms with E-state index < -0.39 is 17.8 Å². The Labute approximate surface area is 177 Å². The van der Waals surface area contributed by atoms with Crippen molar-refractivity contribution in [3.8, 4) is 0 Å². The van der Waals surface area contributed by atoms with Crippen molar-refractivity contribution in [2.75, 3.05) is 0 Å². The van der Waals surface area contributed by atoms with Gasteiger partial charge in [-0.3, -0.25) is 4.79 Å². The number of nitrogens with one attached hydrogen (secondary N) is 1. The Bertz CT molecular complexity index is 811. The summed E-state index contributed by atoms with van der Waals surface area (Å²) in [5.41, 5.74) is 2.11. The summed E-state index contributed by atoms with van der Waals surface area (Å²) in [6, 6.07) is 14.5. The Balaban J connectivity index is 2.22. The number of alkyl halides is 3. The summed E-state index contributed by atoms with van der Waals surface area (Å²) < 4.78 is 38.9. The van der Waals surface area contributed by atoms with Crippen LogP contribution in [-0.4, -0.2) is 5.91 Å². The van der Waals surface area contributed by atoms with Crippen molar-refractivity contribution in [3.05, 3.63) is 82.9 Å². The molecular weight excluding hydrogens is 387 g/mol. The van der Waals surface area contributed by atoms with Crippen molar-refractivity contribution in [2.45, 2.75) is 64.6 Å². The molecule has 0 fully saturated rings. The molecule has 2 rings (SSSR count). The molecule has 0 heterocycles. The number of unbranched alkanes of at least 4 members (excludes halogenated alkanes) is 1. The van der Waals surface area contributed by atoms with E-state index >= 15 is 0 Å². The lowest BCUT2D eigenvalue weighted by Gasteiger charge is -2.23. The molecule has 0 aliphatic heterocycles. The Kier molecular flexibility index (Phi) is 9.15. The number of allylic oxidation sites excluding steroid dienone is 1. The van der Waals surface area contributed by atoms with Gasteiger partial charge in [0.1, 0.15) is 0 Å². The molecule has 1 N–H and O–H groups in total. The molecule has 0 aliphatic rings. The standard InChI is InChI=1S/C25H30F3NO/c1-3-5-12-20(9-4-2)24(21-14-16-22(17-15-21)25(26,27)28)29-23(30)18-13-19-10-7-6-8-11-19/h6-8,10-12,14-17,24H,3-5,9,13,18H2,1-2H3,(H,29,30)/b20-12+/t24-/m1/s1. The number of aryl methyl sites for hydroxylation is 1. The highest BCUT2D eigenvalue weighted by Gasteiger charge is 2.30. The fourth-order valence-corrected chi connectivity index (χ4v) is 3.37. The Morgan fingerprint density at radius 1 is 0.967 bits per heavy atom. The Morgan fingerprint density at radius 3 is 2.20 bits per heavy atom. The minimum Gasteiger partial charge on any atom is -0.346 e. The second-order valence-corrected chi connectivity index (χ2v) is 7.42. The van der Waals surface area contributed by atoms with E-state index in [-0.39, 0.29) is 5.91 Å². The molecule has 162 valence electrons. The fourth-order valence-electron chi connectivity index (χ4n) is 3.37. The third-order valence-electron chi connectivity index (χ3n) is 4.96. The molecule has 0 saturated carbocycles. The van der Waals surface area contributed by atoms with Crippen LogP contribution < -0.4 is 5.32 Å². The zero-order valence-corrected chi connectivity index (χ0v) is 17.6. The highest BCUT2D eigenvalue weighted by atomic mass is 19.4. The summed E-state index contributed by atoms with van der Waals surface area (Å²) in [5, 5.41) is 3.07. The van der Waals surface area contributed by atoms with Crippen LogP contribution in [0, 0.1) is 0 Å². The highest BCUT2D eigenvalue weighted by Crippen LogP contribution is 2.32. The number of hydrogen-bond acceptors (Lipinski definition) is 1. The van der Waals surface area contributed by atoms with E-state index in [4.69, 9.17) is 0 Å². The van der Waals surface area contributed by atoms with Crippen LogP contribution in [0.15, 0.2) is 66.2 Å². The van der Waals surface area contributed by atoms with Crippen molar-refractivity contribution < 1.29 is 18.0 Å². The minimum atomic E-state index is -4.38. The van der Waals surface area contributed by atoms with Gasteiger partial charge < -0.3 is 5.32 Å². The van der Waals surface area contributed by atoms with E-state index in [1.807, 2.05) is 30.3 Å². The number of benzene rings is 2. The minimum absolute atomic E-state index is 0.109. The van der Waals surface area contributed by atoms with Gasteiger partial charge in [-0.15, -0.1) is 0 Å². The van der Waals surface area contributed by atoms with Gasteiger partial charge in [0.25, 0.3) is 0 Å². The van der Waals surface area contributed by atoms with E-state index in [1.54, 1.807) is 0 Å². The lowest BCUT2D eigenvalue weighted by Crippen LogP contribution is -2.30. The molecule has 5 heteroatoms. The second kappa shape index (κ2) is 11.6. The number of hydrogen-bond donors (Lipinski definition) is 1. The van der Waals surface area contributed by atoms with Gasteiger partial charge in [0.15, 0.2) is 0 Å². The first-order valence-electron chi connectivity index (χ1n) is 10.5. The average molecular weight is 418 g/mol. The number of rotatable bonds is 10. The van der Waals surface area contributed by atoms with Gasteiger partial charge in [0.05, 0.1) is 11.6 Å². The molecule has 2 aromatic rings. The summed E-state index contributed by atoms with van der Waals surface area (Å²) in [7, 11) is 0. The quantitative estimate of drug-likeness (QED) is 0.413. The van der Waals surface area contributed by atoms with E-state index in [0.29, 0.717) is 18.4 Å². The molecule has 1 atom stereocenters. The van der Waals surface area contributed by atoms with E-state index in [0.717, 1.165) is 49.0 Å². The van der Waals surface area contributed by atoms with Crippen LogP contribution in [0.25, 0.3) is 0 Å². The first kappa shape index (κ1) is 23.7. The van der Waals surface area contributed by atoms with Crippen LogP contribution in [0.4, 0.5) is 13.2 Å². The summed E-state index contributed by atoms with van der Waals surface area (Å²) >= 11 is 0. The van der Waals surface area contributed by atoms with Gasteiger partial charge in [0, 0.05) is 6.42 Å². The molecule has 1 amide bonds. The van der Waals surface area contributed by atoms with Crippen molar-refractivity contribution in [2.24, 2.45) is 0 Å². The SMILES string of the molecule is CCC/C=C(\CCC)[C@@H](NC(=O)CCc1ccccc1)c1ccc(C(F)(F)F)cc1. The third kappa shape index (κ3) is 7.36. The normalized spacial score (nSPS) is 13.2. The third-order valence-corrected chi connectivity index (χ3v) is 4.96. The average Bonchev–Trinajstić information content (AvgIpc) is 2.74. The second-order valence-electron chi connectivity index (χ2n) is 7.42. The molecule has 2 aromatic carbocycles. The maximum Gasteiger partial charge on any atom is 0.416 e. The van der Waals surface area contributed by atoms with Gasteiger partial charge in [-0.1, -0.05) is 75.2 Å². The first-order valence-corrected chi connectivity index (χ1v) is 10.5. The molecule has 30 heavy (non-hydrogen) atoms. The van der Waals surface area contributed by atoms with E-state index in [9.17, 15) is 18.0 Å². The topological polar surface area (TPSA) is 29.1 Å². The molecule has 0 aromatic heterocycles. The van der Waals surface area contributed by atoms with Crippen molar-refractivity contribution in [3.63, 3.8) is 0 Å². The van der Waals surface area contributed by atoms with Crippen LogP contribution in [0.5, 0.6) is 0 Å². The zero-order chi connectivity index (χ0) is 22.0. The van der Waals surface area contributed by atoms with Gasteiger partial charge in [-0.05, 0) is 48.1 Å². The largest absolute Gasteiger partial charge is 0.416 e. The summed E-state index contributed by atoms with van der Waals surface area (Å²) in [5.74, 6) is -0.109. The Morgan fingerprint density at radius 2 is 1.63 bits per heavy atom. The predicted molar refractivity (Wildman–Crippen MR) is 115 cm³/mol. The van der Waals surface area contributed by atoms with Crippen molar-refractivity contribution in [1.82, 2.24) is 5.32 Å². The lowest BCUT2D eigenvalue weighted by molar-refractivity contribution is -0.137. The molecule has 0 unspecified atom stereocenters. The molecule has 0 bridgehead atoms. The van der Waals surface area contributed by atoms with Crippen LogP contribution in [0.2, 0.25) is 0 Å². The summed E-state index contributed by atoms with van der Waals surface area (Å²) in [6.45, 7) is 4.13. The van der Waals surface area contributed by atoms with Crippen molar-refractivity contribution in [1.29, 1.82) is 0 Å². The highest BCUT2D eigenvalue weighted by molar-refractivity contribution is 5.77. The smallest absolute Gasteiger partial charge is 0.346 e. The van der Waals surface area contributed by atoms with Crippen LogP contribution >= 0.6 is 0 Å². The molecule has 0 saturated heterocycles. The van der Waals surface area contributed by atoms with Gasteiger partial charge in [-0.25, -0.2) is 0 Å². The Hall–Kier alpha value is -2.56. The van der Waals surface area contributed by atoms with Gasteiger partial charge >= 0.3 is 6.18 Å². The number of halogens is 3. The summed E-state index contributed by atoms with van der Waals surface area (Å²) in [6.07, 6.45) is 2.20. The summed E-state index contributed by atoms with van der Waals surface area (Å²) in [4.78, 5) is 12.7. The monoisotopic (exact) mass is 417 g/mol. The predicted octanol–water partition coefficient (Wildman–Crippen LogP) is 7.02. The van der Waals surface area contributed by atoms with Crippen LogP contribution in [0.1, 0.15) is 68.7 Å². The van der Waals surface area contributed by atoms with E-state index in [2.05, 4.69) is 25.2 Å². The van der Waals surface area contributed by atoms with Crippen molar-refractivity contribution >= 4 is 5.91 Å². The number of carbonyl (C=O) groups is 1. The van der Waals surface area contributed by atoms with Crippen LogP contribution in [0.3, 0.4) is 0 Å². The van der Waals surface area contributed by atoms with Crippen LogP contribution in [-0.2, 0) is 17.4 Å². The molecular formula is C25H30F3NO. The number of carbonyl (C=O) groups excluding carboxylic acids is 1. The molecule has 0 radical (unpaired) electrons. The van der Waals surface area contributed by atoms with Gasteiger partial charge in [0.2, 0.25) is 5.91 Å². The lowest BCUT2D eigenvalue weighted by atomic mass is 9.93. The maximum absolute atomic E-state index is 13.0.